The lowest BCUT2D eigenvalue weighted by Gasteiger charge is -2.47. The summed E-state index contributed by atoms with van der Waals surface area (Å²) in [7, 11) is 4.10. The smallest absolute Gasteiger partial charge is 0.306 e. The van der Waals surface area contributed by atoms with Crippen LogP contribution in [0.4, 0.5) is 0 Å². The van der Waals surface area contributed by atoms with Crippen LogP contribution in [0.3, 0.4) is 0 Å². The zero-order valence-electron chi connectivity index (χ0n) is 16.9. The molecule has 2 atom stereocenters. The van der Waals surface area contributed by atoms with Gasteiger partial charge in [-0.25, -0.2) is 0 Å². The molecule has 3 fully saturated rings. The van der Waals surface area contributed by atoms with Gasteiger partial charge in [-0.1, -0.05) is 6.42 Å². The molecule has 3 rings (SSSR count). The maximum Gasteiger partial charge on any atom is 0.306 e. The summed E-state index contributed by atoms with van der Waals surface area (Å²) in [6.07, 6.45) is 12.3. The van der Waals surface area contributed by atoms with Crippen LogP contribution < -0.4 is 10.6 Å². The molecule has 27 heavy (non-hydrogen) atoms. The van der Waals surface area contributed by atoms with Crippen molar-refractivity contribution in [2.24, 2.45) is 4.99 Å². The molecule has 0 aromatic rings. The average molecular weight is 492 g/mol. The topological polar surface area (TPSA) is 66.0 Å². The maximum atomic E-state index is 11.9. The minimum atomic E-state index is -0.0511. The van der Waals surface area contributed by atoms with E-state index in [9.17, 15) is 4.79 Å². The number of aliphatic imine (C=N–C) groups is 1. The number of guanidine groups is 1. The molecule has 2 saturated heterocycles. The van der Waals surface area contributed by atoms with Gasteiger partial charge in [0.25, 0.3) is 0 Å². The van der Waals surface area contributed by atoms with Crippen molar-refractivity contribution in [2.45, 2.75) is 94.9 Å². The second-order valence-electron chi connectivity index (χ2n) is 8.22. The first-order chi connectivity index (χ1) is 12.7. The monoisotopic (exact) mass is 492 g/mol. The number of ether oxygens (including phenoxy) is 1. The number of nitrogens with zero attached hydrogens (tertiary/aromatic N) is 2. The molecule has 2 N–H and O–H groups in total. The van der Waals surface area contributed by atoms with Crippen molar-refractivity contribution in [3.05, 3.63) is 0 Å². The highest BCUT2D eigenvalue weighted by molar-refractivity contribution is 14.0. The van der Waals surface area contributed by atoms with Crippen LogP contribution in [0.2, 0.25) is 0 Å². The summed E-state index contributed by atoms with van der Waals surface area (Å²) in [5.74, 6) is 0.812. The predicted octanol–water partition coefficient (Wildman–Crippen LogP) is 3.05. The number of carbonyl (C=O) groups excluding carboxylic acids is 1. The fraction of sp³-hybridized carbons (Fsp3) is 0.900. The van der Waals surface area contributed by atoms with Crippen molar-refractivity contribution in [1.29, 1.82) is 0 Å². The Kier molecular flexibility index (Phi) is 9.62. The molecule has 1 saturated carbocycles. The van der Waals surface area contributed by atoms with E-state index >= 15 is 0 Å². The van der Waals surface area contributed by atoms with Gasteiger partial charge in [0.05, 0.1) is 0 Å². The summed E-state index contributed by atoms with van der Waals surface area (Å²) >= 11 is 0. The number of halogens is 1. The van der Waals surface area contributed by atoms with Crippen molar-refractivity contribution in [3.63, 3.8) is 0 Å². The van der Waals surface area contributed by atoms with E-state index in [0.29, 0.717) is 24.5 Å². The molecule has 7 heteroatoms. The van der Waals surface area contributed by atoms with Gasteiger partial charge in [-0.2, -0.15) is 0 Å². The molecule has 2 unspecified atom stereocenters. The van der Waals surface area contributed by atoms with Crippen LogP contribution in [-0.2, 0) is 9.53 Å². The number of fused-ring (bicyclic) bond motifs is 2. The summed E-state index contributed by atoms with van der Waals surface area (Å²) in [6.45, 7) is 0.749. The quantitative estimate of drug-likeness (QED) is 0.196. The molecule has 6 nitrogen and oxygen atoms in total. The molecule has 1 aliphatic carbocycles. The van der Waals surface area contributed by atoms with Crippen LogP contribution in [0.5, 0.6) is 0 Å². The molecule has 0 radical (unpaired) electrons. The molecular formula is C20H37IN4O2. The van der Waals surface area contributed by atoms with E-state index in [2.05, 4.69) is 27.6 Å². The minimum absolute atomic E-state index is 0. The highest BCUT2D eigenvalue weighted by atomic mass is 127. The Morgan fingerprint density at radius 3 is 2.41 bits per heavy atom. The molecule has 0 aromatic carbocycles. The second kappa shape index (κ2) is 11.4. The van der Waals surface area contributed by atoms with Gasteiger partial charge in [-0.05, 0) is 64.8 Å². The van der Waals surface area contributed by atoms with Crippen molar-refractivity contribution < 1.29 is 9.53 Å². The van der Waals surface area contributed by atoms with Crippen LogP contribution in [-0.4, -0.2) is 61.7 Å². The number of hydrogen-bond acceptors (Lipinski definition) is 4. The van der Waals surface area contributed by atoms with Crippen LogP contribution >= 0.6 is 24.0 Å². The predicted molar refractivity (Wildman–Crippen MR) is 120 cm³/mol. The third kappa shape index (κ3) is 6.76. The van der Waals surface area contributed by atoms with Crippen LogP contribution in [0.1, 0.15) is 70.6 Å². The van der Waals surface area contributed by atoms with Crippen molar-refractivity contribution in [1.82, 2.24) is 15.5 Å². The highest BCUT2D eigenvalue weighted by Crippen LogP contribution is 2.32. The van der Waals surface area contributed by atoms with Crippen molar-refractivity contribution >= 4 is 35.9 Å². The van der Waals surface area contributed by atoms with Crippen LogP contribution in [0.15, 0.2) is 4.99 Å². The van der Waals surface area contributed by atoms with Crippen molar-refractivity contribution in [2.75, 3.05) is 20.6 Å². The Morgan fingerprint density at radius 2 is 1.78 bits per heavy atom. The minimum Gasteiger partial charge on any atom is -0.462 e. The zero-order valence-corrected chi connectivity index (χ0v) is 19.2. The van der Waals surface area contributed by atoms with E-state index in [0.717, 1.165) is 31.8 Å². The van der Waals surface area contributed by atoms with E-state index in [1.165, 1.54) is 44.9 Å². The number of rotatable bonds is 6. The lowest BCUT2D eigenvalue weighted by Crippen LogP contribution is -2.56. The van der Waals surface area contributed by atoms with Gasteiger partial charge in [0.1, 0.15) is 6.10 Å². The standard InChI is InChI=1S/C20H36N4O2.HI/c1-21-20(22-12-6-11-19(25)26-18-9-3-4-10-18)23-15-13-16-7-5-8-17(14-15)24(16)2;/h15-18H,3-14H2,1-2H3,(H2,21,22,23);1H. The molecule has 2 heterocycles. The first kappa shape index (κ1) is 22.7. The number of piperidine rings is 2. The van der Waals surface area contributed by atoms with Gasteiger partial charge in [0, 0.05) is 38.1 Å². The molecule has 0 spiro atoms. The van der Waals surface area contributed by atoms with E-state index in [-0.39, 0.29) is 36.0 Å². The summed E-state index contributed by atoms with van der Waals surface area (Å²) in [5.41, 5.74) is 0. The van der Waals surface area contributed by atoms with Gasteiger partial charge >= 0.3 is 5.97 Å². The Labute approximate surface area is 181 Å². The third-order valence-electron chi connectivity index (χ3n) is 6.35. The Hall–Kier alpha value is -0.570. The van der Waals surface area contributed by atoms with Gasteiger partial charge < -0.3 is 20.3 Å². The Bertz CT molecular complexity index is 482. The average Bonchev–Trinajstić information content (AvgIpc) is 3.11. The second-order valence-corrected chi connectivity index (χ2v) is 8.22. The first-order valence-electron chi connectivity index (χ1n) is 10.5. The maximum absolute atomic E-state index is 11.9. The fourth-order valence-electron chi connectivity index (χ4n) is 4.81. The highest BCUT2D eigenvalue weighted by Gasteiger charge is 2.36. The fourth-order valence-corrected chi connectivity index (χ4v) is 4.81. The zero-order chi connectivity index (χ0) is 18.4. The van der Waals surface area contributed by atoms with E-state index in [4.69, 9.17) is 4.74 Å². The molecule has 2 bridgehead atoms. The van der Waals surface area contributed by atoms with Crippen LogP contribution in [0, 0.1) is 0 Å². The van der Waals surface area contributed by atoms with Gasteiger partial charge in [0.15, 0.2) is 5.96 Å². The number of carbonyl (C=O) groups is 1. The molecule has 0 amide bonds. The SMILES string of the molecule is CN=C(NCCCC(=O)OC1CCCC1)NC1CC2CCCC(C1)N2C.I. The van der Waals surface area contributed by atoms with E-state index in [1.54, 1.807) is 0 Å². The lowest BCUT2D eigenvalue weighted by molar-refractivity contribution is -0.148. The normalized spacial score (nSPS) is 29.1. The Balaban J connectivity index is 0.00000261. The summed E-state index contributed by atoms with van der Waals surface area (Å²) < 4.78 is 5.50. The van der Waals surface area contributed by atoms with Crippen LogP contribution in [0.25, 0.3) is 0 Å². The molecule has 0 aromatic heterocycles. The van der Waals surface area contributed by atoms with Gasteiger partial charge in [0.2, 0.25) is 0 Å². The largest absolute Gasteiger partial charge is 0.462 e. The summed E-state index contributed by atoms with van der Waals surface area (Å²) in [6, 6.07) is 1.92. The van der Waals surface area contributed by atoms with E-state index in [1.807, 2.05) is 7.05 Å². The lowest BCUT2D eigenvalue weighted by atomic mass is 9.82. The van der Waals surface area contributed by atoms with E-state index < -0.39 is 0 Å². The van der Waals surface area contributed by atoms with Gasteiger partial charge in [-0.3, -0.25) is 9.79 Å². The number of nitrogens with one attached hydrogen (secondary N) is 2. The summed E-state index contributed by atoms with van der Waals surface area (Å²) in [4.78, 5) is 18.8. The molecule has 2 aliphatic heterocycles. The van der Waals surface area contributed by atoms with Gasteiger partial charge in [-0.15, -0.1) is 24.0 Å². The number of hydrogen-bond donors (Lipinski definition) is 2. The molecule has 156 valence electrons. The third-order valence-corrected chi connectivity index (χ3v) is 6.35. The molecule has 3 aliphatic rings. The number of esters is 1. The first-order valence-corrected chi connectivity index (χ1v) is 10.5. The summed E-state index contributed by atoms with van der Waals surface area (Å²) in [5, 5.41) is 6.96. The molecular weight excluding hydrogens is 455 g/mol. The van der Waals surface area contributed by atoms with Crippen molar-refractivity contribution in [3.8, 4) is 0 Å². The Morgan fingerprint density at radius 1 is 1.11 bits per heavy atom.